The van der Waals surface area contributed by atoms with Gasteiger partial charge >= 0.3 is 0 Å². The molecule has 1 amide bonds. The van der Waals surface area contributed by atoms with Crippen LogP contribution in [0.2, 0.25) is 0 Å². The van der Waals surface area contributed by atoms with Crippen molar-refractivity contribution in [2.45, 2.75) is 6.92 Å². The van der Waals surface area contributed by atoms with E-state index in [4.69, 9.17) is 4.74 Å². The predicted octanol–water partition coefficient (Wildman–Crippen LogP) is 4.17. The minimum absolute atomic E-state index is 0.0937. The first-order chi connectivity index (χ1) is 14.3. The molecule has 10 heteroatoms. The number of nitrogens with zero attached hydrogens (tertiary/aromatic N) is 1. The molecule has 156 valence electrons. The Morgan fingerprint density at radius 1 is 1.10 bits per heavy atom. The Bertz CT molecular complexity index is 1170. The van der Waals surface area contributed by atoms with Crippen molar-refractivity contribution in [2.75, 3.05) is 15.8 Å². The van der Waals surface area contributed by atoms with Crippen LogP contribution in [0.15, 0.2) is 60.8 Å². The number of hydrogen-bond donors (Lipinski definition) is 2. The molecule has 0 bridgehead atoms. The molecule has 2 aromatic carbocycles. The van der Waals surface area contributed by atoms with Crippen molar-refractivity contribution in [3.05, 3.63) is 78.0 Å². The number of amides is 1. The van der Waals surface area contributed by atoms with Crippen LogP contribution >= 0.6 is 0 Å². The lowest BCUT2D eigenvalue weighted by Gasteiger charge is -2.09. The average Bonchev–Trinajstić information content (AvgIpc) is 2.71. The van der Waals surface area contributed by atoms with E-state index in [-0.39, 0.29) is 34.3 Å². The molecule has 30 heavy (non-hydrogen) atoms. The Labute approximate surface area is 171 Å². The zero-order chi connectivity index (χ0) is 21.7. The number of ether oxygens (including phenoxy) is 1. The lowest BCUT2D eigenvalue weighted by molar-refractivity contribution is 0.102. The second kappa shape index (κ2) is 8.87. The summed E-state index contributed by atoms with van der Waals surface area (Å²) in [6, 6.07) is 11.8. The lowest BCUT2D eigenvalue weighted by Crippen LogP contribution is -2.16. The highest BCUT2D eigenvalue weighted by Crippen LogP contribution is 2.25. The van der Waals surface area contributed by atoms with Gasteiger partial charge in [-0.3, -0.25) is 9.52 Å². The van der Waals surface area contributed by atoms with E-state index in [9.17, 15) is 22.0 Å². The second-order valence-corrected chi connectivity index (χ2v) is 8.11. The summed E-state index contributed by atoms with van der Waals surface area (Å²) in [5.74, 6) is -1.95. The standard InChI is InChI=1S/C20H17F2N3O4S/c1-2-30(27,28)25-15-5-3-4-13(10-15)20(26)24-19-9-7-16(12-23-19)29-18-8-6-14(21)11-17(18)22/h3-12,25H,2H2,1H3,(H,23,24,26). The van der Waals surface area contributed by atoms with Gasteiger partial charge in [0, 0.05) is 17.3 Å². The highest BCUT2D eigenvalue weighted by Gasteiger charge is 2.12. The smallest absolute Gasteiger partial charge is 0.256 e. The number of halogens is 2. The normalized spacial score (nSPS) is 11.0. The summed E-state index contributed by atoms with van der Waals surface area (Å²) in [5, 5.41) is 2.57. The number of pyridine rings is 1. The molecular formula is C20H17F2N3O4S. The first-order valence-electron chi connectivity index (χ1n) is 8.76. The van der Waals surface area contributed by atoms with Gasteiger partial charge in [-0.2, -0.15) is 0 Å². The van der Waals surface area contributed by atoms with Gasteiger partial charge < -0.3 is 10.1 Å². The van der Waals surface area contributed by atoms with Crippen molar-refractivity contribution in [2.24, 2.45) is 0 Å². The van der Waals surface area contributed by atoms with Gasteiger partial charge in [0.2, 0.25) is 10.0 Å². The van der Waals surface area contributed by atoms with Crippen LogP contribution in [0.1, 0.15) is 17.3 Å². The molecule has 0 unspecified atom stereocenters. The molecule has 7 nitrogen and oxygen atoms in total. The number of benzene rings is 2. The van der Waals surface area contributed by atoms with Crippen LogP contribution in [-0.4, -0.2) is 25.1 Å². The molecule has 0 aliphatic carbocycles. The van der Waals surface area contributed by atoms with Gasteiger partial charge in [-0.1, -0.05) is 6.07 Å². The number of anilines is 2. The summed E-state index contributed by atoms with van der Waals surface area (Å²) in [7, 11) is -3.47. The molecule has 2 N–H and O–H groups in total. The summed E-state index contributed by atoms with van der Waals surface area (Å²) < 4.78 is 57.6. The van der Waals surface area contributed by atoms with Crippen LogP contribution in [-0.2, 0) is 10.0 Å². The van der Waals surface area contributed by atoms with E-state index in [1.807, 2.05) is 0 Å². The first kappa shape index (κ1) is 21.2. The third kappa shape index (κ3) is 5.51. The molecule has 3 aromatic rings. The van der Waals surface area contributed by atoms with Crippen LogP contribution in [0.4, 0.5) is 20.3 Å². The fraction of sp³-hybridized carbons (Fsp3) is 0.100. The second-order valence-electron chi connectivity index (χ2n) is 6.10. The molecule has 0 radical (unpaired) electrons. The Hall–Kier alpha value is -3.53. The molecule has 0 aliphatic heterocycles. The first-order valence-corrected chi connectivity index (χ1v) is 10.4. The van der Waals surface area contributed by atoms with E-state index in [0.29, 0.717) is 6.07 Å². The summed E-state index contributed by atoms with van der Waals surface area (Å²) in [4.78, 5) is 16.4. The molecule has 0 saturated carbocycles. The van der Waals surface area contributed by atoms with Crippen LogP contribution < -0.4 is 14.8 Å². The summed E-state index contributed by atoms with van der Waals surface area (Å²) >= 11 is 0. The van der Waals surface area contributed by atoms with Gasteiger partial charge in [-0.05, 0) is 49.4 Å². The van der Waals surface area contributed by atoms with Gasteiger partial charge in [-0.15, -0.1) is 0 Å². The lowest BCUT2D eigenvalue weighted by atomic mass is 10.2. The Kier molecular flexibility index (Phi) is 6.26. The van der Waals surface area contributed by atoms with Crippen molar-refractivity contribution >= 4 is 27.4 Å². The van der Waals surface area contributed by atoms with Gasteiger partial charge in [-0.25, -0.2) is 22.2 Å². The number of aromatic nitrogens is 1. The van der Waals surface area contributed by atoms with E-state index >= 15 is 0 Å². The van der Waals surface area contributed by atoms with Crippen molar-refractivity contribution in [3.63, 3.8) is 0 Å². The number of carbonyl (C=O) groups is 1. The maximum absolute atomic E-state index is 13.6. The number of rotatable bonds is 7. The maximum Gasteiger partial charge on any atom is 0.256 e. The number of nitrogens with one attached hydrogen (secondary N) is 2. The van der Waals surface area contributed by atoms with E-state index < -0.39 is 27.6 Å². The van der Waals surface area contributed by atoms with Crippen LogP contribution in [0.3, 0.4) is 0 Å². The molecule has 0 atom stereocenters. The molecule has 0 saturated heterocycles. The topological polar surface area (TPSA) is 97.4 Å². The highest BCUT2D eigenvalue weighted by molar-refractivity contribution is 7.92. The third-order valence-corrected chi connectivity index (χ3v) is 5.18. The quantitative estimate of drug-likeness (QED) is 0.583. The Morgan fingerprint density at radius 3 is 2.57 bits per heavy atom. The van der Waals surface area contributed by atoms with E-state index in [2.05, 4.69) is 15.0 Å². The molecule has 0 spiro atoms. The summed E-state index contributed by atoms with van der Waals surface area (Å²) in [6.45, 7) is 1.50. The van der Waals surface area contributed by atoms with Gasteiger partial charge in [0.15, 0.2) is 11.6 Å². The fourth-order valence-electron chi connectivity index (χ4n) is 2.36. The zero-order valence-corrected chi connectivity index (χ0v) is 16.5. The average molecular weight is 433 g/mol. The number of hydrogen-bond acceptors (Lipinski definition) is 5. The van der Waals surface area contributed by atoms with Crippen molar-refractivity contribution < 1.29 is 26.7 Å². The van der Waals surface area contributed by atoms with Gasteiger partial charge in [0.1, 0.15) is 17.4 Å². The minimum Gasteiger partial charge on any atom is -0.453 e. The van der Waals surface area contributed by atoms with Gasteiger partial charge in [0.25, 0.3) is 5.91 Å². The summed E-state index contributed by atoms with van der Waals surface area (Å²) in [5.41, 5.74) is 0.490. The molecule has 0 fully saturated rings. The van der Waals surface area contributed by atoms with Crippen LogP contribution in [0.5, 0.6) is 11.5 Å². The highest BCUT2D eigenvalue weighted by atomic mass is 32.2. The van der Waals surface area contributed by atoms with E-state index in [1.54, 1.807) is 6.07 Å². The minimum atomic E-state index is -3.47. The van der Waals surface area contributed by atoms with E-state index in [1.165, 1.54) is 43.5 Å². The monoisotopic (exact) mass is 433 g/mol. The largest absolute Gasteiger partial charge is 0.453 e. The number of carbonyl (C=O) groups excluding carboxylic acids is 1. The SMILES string of the molecule is CCS(=O)(=O)Nc1cccc(C(=O)Nc2ccc(Oc3ccc(F)cc3F)cn2)c1. The molecule has 0 aliphatic rings. The van der Waals surface area contributed by atoms with E-state index in [0.717, 1.165) is 12.1 Å². The fourth-order valence-corrected chi connectivity index (χ4v) is 2.99. The Balaban J connectivity index is 1.67. The Morgan fingerprint density at radius 2 is 1.90 bits per heavy atom. The van der Waals surface area contributed by atoms with Crippen LogP contribution in [0, 0.1) is 11.6 Å². The number of sulfonamides is 1. The molecular weight excluding hydrogens is 416 g/mol. The van der Waals surface area contributed by atoms with Crippen molar-refractivity contribution in [3.8, 4) is 11.5 Å². The zero-order valence-electron chi connectivity index (χ0n) is 15.7. The maximum atomic E-state index is 13.6. The van der Waals surface area contributed by atoms with Gasteiger partial charge in [0.05, 0.1) is 11.9 Å². The molecule has 3 rings (SSSR count). The summed E-state index contributed by atoms with van der Waals surface area (Å²) in [6.07, 6.45) is 1.27. The van der Waals surface area contributed by atoms with Crippen molar-refractivity contribution in [1.82, 2.24) is 4.98 Å². The molecule has 1 heterocycles. The predicted molar refractivity (Wildman–Crippen MR) is 108 cm³/mol. The molecule has 1 aromatic heterocycles. The third-order valence-electron chi connectivity index (χ3n) is 3.88. The van der Waals surface area contributed by atoms with Crippen molar-refractivity contribution in [1.29, 1.82) is 0 Å². The van der Waals surface area contributed by atoms with Crippen LogP contribution in [0.25, 0.3) is 0 Å².